The zero-order valence-corrected chi connectivity index (χ0v) is 20.4. The molecule has 31 heavy (non-hydrogen) atoms. The number of carbonyl (C=O) groups excluding carboxylic acids is 3. The first kappa shape index (κ1) is 27.0. The standard InChI is InChI=1S/C22H24ClNO6.Na/c1-14(2)21(29-20(27)16-6-4-3-5-7-16)30-22(28)24-18(12-13-19(25)26)15-8-10-17(23)11-9-15;/h3-11,14,18,21H,12-13H2,1-2H3,(H,24,28)(H,25,26);/q;+1/p-1. The summed E-state index contributed by atoms with van der Waals surface area (Å²) in [5.74, 6) is -2.16. The van der Waals surface area contributed by atoms with Crippen LogP contribution in [0.5, 0.6) is 0 Å². The molecule has 160 valence electrons. The van der Waals surface area contributed by atoms with Crippen molar-refractivity contribution >= 4 is 29.6 Å². The molecule has 0 heterocycles. The van der Waals surface area contributed by atoms with Gasteiger partial charge in [-0.1, -0.05) is 55.8 Å². The Kier molecular flexibility index (Phi) is 11.6. The van der Waals surface area contributed by atoms with Gasteiger partial charge in [-0.2, -0.15) is 0 Å². The largest absolute Gasteiger partial charge is 1.00 e. The van der Waals surface area contributed by atoms with E-state index in [4.69, 9.17) is 21.1 Å². The molecule has 0 aliphatic carbocycles. The number of benzene rings is 2. The Morgan fingerprint density at radius 1 is 1.00 bits per heavy atom. The number of ether oxygens (including phenoxy) is 2. The first-order valence-corrected chi connectivity index (χ1v) is 9.82. The van der Waals surface area contributed by atoms with E-state index in [1.807, 2.05) is 0 Å². The monoisotopic (exact) mass is 455 g/mol. The molecular weight excluding hydrogens is 433 g/mol. The van der Waals surface area contributed by atoms with Crippen molar-refractivity contribution in [2.24, 2.45) is 5.92 Å². The van der Waals surface area contributed by atoms with E-state index >= 15 is 0 Å². The van der Waals surface area contributed by atoms with Crippen molar-refractivity contribution in [2.75, 3.05) is 0 Å². The van der Waals surface area contributed by atoms with Crippen LogP contribution >= 0.6 is 11.6 Å². The van der Waals surface area contributed by atoms with Crippen LogP contribution in [0, 0.1) is 5.92 Å². The van der Waals surface area contributed by atoms with Gasteiger partial charge in [-0.25, -0.2) is 9.59 Å². The Hall–Kier alpha value is -2.06. The van der Waals surface area contributed by atoms with Gasteiger partial charge in [0.1, 0.15) is 0 Å². The molecule has 1 N–H and O–H groups in total. The van der Waals surface area contributed by atoms with Crippen molar-refractivity contribution < 1.29 is 58.5 Å². The van der Waals surface area contributed by atoms with Crippen molar-refractivity contribution in [3.63, 3.8) is 0 Å². The summed E-state index contributed by atoms with van der Waals surface area (Å²) in [7, 11) is 0. The summed E-state index contributed by atoms with van der Waals surface area (Å²) in [5, 5.41) is 14.0. The van der Waals surface area contributed by atoms with E-state index in [1.165, 1.54) is 0 Å². The third-order valence-corrected chi connectivity index (χ3v) is 4.45. The number of amides is 1. The number of hydrogen-bond acceptors (Lipinski definition) is 6. The van der Waals surface area contributed by atoms with Gasteiger partial charge >= 0.3 is 41.6 Å². The first-order chi connectivity index (χ1) is 14.3. The van der Waals surface area contributed by atoms with Gasteiger partial charge in [-0.15, -0.1) is 0 Å². The second-order valence-electron chi connectivity index (χ2n) is 6.95. The fourth-order valence-electron chi connectivity index (χ4n) is 2.61. The van der Waals surface area contributed by atoms with Gasteiger partial charge in [-0.3, -0.25) is 0 Å². The maximum absolute atomic E-state index is 12.5. The van der Waals surface area contributed by atoms with Crippen LogP contribution in [0.3, 0.4) is 0 Å². The van der Waals surface area contributed by atoms with Gasteiger partial charge in [0.2, 0.25) is 0 Å². The average molecular weight is 456 g/mol. The van der Waals surface area contributed by atoms with Crippen LogP contribution in [0.1, 0.15) is 48.7 Å². The van der Waals surface area contributed by atoms with Gasteiger partial charge in [0.05, 0.1) is 11.6 Å². The van der Waals surface area contributed by atoms with Gasteiger partial charge in [0.25, 0.3) is 6.29 Å². The SMILES string of the molecule is CC(C)C(OC(=O)NC(CCC(=O)[O-])c1ccc(Cl)cc1)OC(=O)c1ccccc1.[Na+]. The maximum Gasteiger partial charge on any atom is 1.00 e. The molecule has 2 rings (SSSR count). The van der Waals surface area contributed by atoms with Crippen molar-refractivity contribution in [3.05, 3.63) is 70.7 Å². The molecule has 0 saturated carbocycles. The molecule has 7 nitrogen and oxygen atoms in total. The molecule has 9 heteroatoms. The molecule has 0 aliphatic heterocycles. The number of rotatable bonds is 9. The Morgan fingerprint density at radius 3 is 2.16 bits per heavy atom. The molecule has 0 fully saturated rings. The summed E-state index contributed by atoms with van der Waals surface area (Å²) in [5.41, 5.74) is 0.986. The Morgan fingerprint density at radius 2 is 1.61 bits per heavy atom. The molecule has 0 saturated heterocycles. The van der Waals surface area contributed by atoms with E-state index in [-0.39, 0.29) is 48.3 Å². The summed E-state index contributed by atoms with van der Waals surface area (Å²) < 4.78 is 10.6. The van der Waals surface area contributed by atoms with E-state index < -0.39 is 30.4 Å². The topological polar surface area (TPSA) is 105 Å². The first-order valence-electron chi connectivity index (χ1n) is 9.44. The number of esters is 1. The minimum atomic E-state index is -1.24. The Balaban J connectivity index is 0.00000480. The number of carboxylic acids is 1. The number of carboxylic acid groups (broad SMARTS) is 1. The van der Waals surface area contributed by atoms with E-state index in [1.54, 1.807) is 68.4 Å². The molecular formula is C22H23ClNNaO6. The van der Waals surface area contributed by atoms with Gasteiger partial charge in [-0.05, 0) is 42.7 Å². The number of carbonyl (C=O) groups is 3. The van der Waals surface area contributed by atoms with Gasteiger partial charge < -0.3 is 24.7 Å². The van der Waals surface area contributed by atoms with E-state index in [2.05, 4.69) is 5.32 Å². The van der Waals surface area contributed by atoms with Crippen molar-refractivity contribution in [1.82, 2.24) is 5.32 Å². The van der Waals surface area contributed by atoms with Crippen LogP contribution in [0.2, 0.25) is 5.02 Å². The van der Waals surface area contributed by atoms with Crippen LogP contribution in [-0.4, -0.2) is 24.3 Å². The maximum atomic E-state index is 12.5. The molecule has 1 amide bonds. The van der Waals surface area contributed by atoms with E-state index in [9.17, 15) is 19.5 Å². The quantitative estimate of drug-likeness (QED) is 0.335. The smallest absolute Gasteiger partial charge is 0.550 e. The van der Waals surface area contributed by atoms with Crippen LogP contribution in [0.25, 0.3) is 0 Å². The second kappa shape index (κ2) is 13.4. The predicted molar refractivity (Wildman–Crippen MR) is 109 cm³/mol. The normalized spacial score (nSPS) is 12.3. The minimum Gasteiger partial charge on any atom is -0.550 e. The molecule has 2 atom stereocenters. The van der Waals surface area contributed by atoms with Crippen molar-refractivity contribution in [1.29, 1.82) is 0 Å². The summed E-state index contributed by atoms with van der Waals surface area (Å²) in [6, 6.07) is 14.3. The number of nitrogens with one attached hydrogen (secondary N) is 1. The number of halogens is 1. The number of hydrogen-bond donors (Lipinski definition) is 1. The summed E-state index contributed by atoms with van der Waals surface area (Å²) in [6.45, 7) is 3.48. The fraction of sp³-hybridized carbons (Fsp3) is 0.318. The van der Waals surface area contributed by atoms with Crippen molar-refractivity contribution in [2.45, 2.75) is 39.0 Å². The third-order valence-electron chi connectivity index (χ3n) is 4.20. The third kappa shape index (κ3) is 9.31. The van der Waals surface area contributed by atoms with Crippen LogP contribution in [0.15, 0.2) is 54.6 Å². The zero-order valence-electron chi connectivity index (χ0n) is 17.7. The molecule has 0 radical (unpaired) electrons. The van der Waals surface area contributed by atoms with Crippen molar-refractivity contribution in [3.8, 4) is 0 Å². The van der Waals surface area contributed by atoms with Crippen LogP contribution in [0.4, 0.5) is 4.79 Å². The minimum absolute atomic E-state index is 0. The Labute approximate surface area is 208 Å². The molecule has 2 aromatic rings. The zero-order chi connectivity index (χ0) is 22.1. The number of aliphatic carboxylic acids is 1. The van der Waals surface area contributed by atoms with Gasteiger partial charge in [0.15, 0.2) is 0 Å². The molecule has 0 spiro atoms. The second-order valence-corrected chi connectivity index (χ2v) is 7.38. The summed E-state index contributed by atoms with van der Waals surface area (Å²) in [4.78, 5) is 35.6. The molecule has 0 aliphatic rings. The summed E-state index contributed by atoms with van der Waals surface area (Å²) in [6.07, 6.45) is -2.13. The fourth-order valence-corrected chi connectivity index (χ4v) is 2.73. The van der Waals surface area contributed by atoms with Crippen LogP contribution < -0.4 is 40.0 Å². The molecule has 0 aromatic heterocycles. The van der Waals surface area contributed by atoms with Gasteiger partial charge in [0, 0.05) is 16.9 Å². The number of alkyl carbamates (subject to hydrolysis) is 1. The van der Waals surface area contributed by atoms with Crippen LogP contribution in [-0.2, 0) is 14.3 Å². The predicted octanol–water partition coefficient (Wildman–Crippen LogP) is 0.481. The molecule has 2 aromatic carbocycles. The van der Waals surface area contributed by atoms with E-state index in [0.717, 1.165) is 0 Å². The average Bonchev–Trinajstić information content (AvgIpc) is 2.71. The van der Waals surface area contributed by atoms with E-state index in [0.29, 0.717) is 16.1 Å². The molecule has 2 unspecified atom stereocenters. The molecule has 0 bridgehead atoms. The summed E-state index contributed by atoms with van der Waals surface area (Å²) >= 11 is 5.89. The Bertz CT molecular complexity index is 860.